The second kappa shape index (κ2) is 8.68. The summed E-state index contributed by atoms with van der Waals surface area (Å²) in [5.41, 5.74) is -1.07. The van der Waals surface area contributed by atoms with E-state index in [1.54, 1.807) is 31.0 Å². The molecule has 1 aliphatic carbocycles. The Morgan fingerprint density at radius 2 is 1.94 bits per heavy atom. The van der Waals surface area contributed by atoms with Gasteiger partial charge in [0.05, 0.1) is 41.4 Å². The van der Waals surface area contributed by atoms with Gasteiger partial charge in [-0.2, -0.15) is 5.10 Å². The van der Waals surface area contributed by atoms with E-state index in [2.05, 4.69) is 15.3 Å². The van der Waals surface area contributed by atoms with Crippen molar-refractivity contribution in [1.82, 2.24) is 29.1 Å². The number of aryl methyl sites for hydroxylation is 2. The first kappa shape index (κ1) is 23.4. The van der Waals surface area contributed by atoms with E-state index in [1.807, 2.05) is 0 Å². The summed E-state index contributed by atoms with van der Waals surface area (Å²) in [6.45, 7) is 1.04. The van der Waals surface area contributed by atoms with Crippen molar-refractivity contribution in [1.29, 1.82) is 0 Å². The molecular formula is C21H22FN7O4S2. The average molecular weight is 520 g/mol. The van der Waals surface area contributed by atoms with Gasteiger partial charge in [-0.25, -0.2) is 17.6 Å². The standard InChI is InChI=1S/C21H22FN7O4S2/c1-13-24-25-18(34-13)11-27-17-4-3-15(29(35(32)33)21(12-22)5-6-21)7-16(17)19(30)28(20(27)31)10-14-8-23-26(2)9-14/h3-4,7-9,35H,5-6,10-12H2,1-2H3. The Kier molecular flexibility index (Phi) is 5.79. The van der Waals surface area contributed by atoms with Gasteiger partial charge in [0.25, 0.3) is 5.56 Å². The fraction of sp³-hybridized carbons (Fsp3) is 0.381. The van der Waals surface area contributed by atoms with Gasteiger partial charge in [-0.3, -0.25) is 22.9 Å². The molecule has 3 heterocycles. The Morgan fingerprint density at radius 3 is 2.51 bits per heavy atom. The molecule has 1 aliphatic rings. The third-order valence-electron chi connectivity index (χ3n) is 6.10. The van der Waals surface area contributed by atoms with Gasteiger partial charge in [0.1, 0.15) is 16.7 Å². The molecular weight excluding hydrogens is 497 g/mol. The quantitative estimate of drug-likeness (QED) is 0.344. The van der Waals surface area contributed by atoms with Crippen LogP contribution in [0.4, 0.5) is 10.1 Å². The number of benzene rings is 1. The van der Waals surface area contributed by atoms with Crippen LogP contribution in [0, 0.1) is 6.92 Å². The van der Waals surface area contributed by atoms with E-state index in [1.165, 1.54) is 34.1 Å². The molecule has 35 heavy (non-hydrogen) atoms. The van der Waals surface area contributed by atoms with Crippen LogP contribution in [0.15, 0.2) is 40.2 Å². The maximum Gasteiger partial charge on any atom is 0.332 e. The van der Waals surface area contributed by atoms with E-state index in [0.717, 1.165) is 13.9 Å². The van der Waals surface area contributed by atoms with E-state index in [4.69, 9.17) is 0 Å². The van der Waals surface area contributed by atoms with E-state index in [-0.39, 0.29) is 24.2 Å². The molecule has 3 aromatic heterocycles. The number of hydrogen-bond donors (Lipinski definition) is 1. The second-order valence-electron chi connectivity index (χ2n) is 8.61. The zero-order chi connectivity index (χ0) is 24.9. The molecule has 4 aromatic rings. The molecule has 11 nitrogen and oxygen atoms in total. The summed E-state index contributed by atoms with van der Waals surface area (Å²) in [6.07, 6.45) is 4.05. The highest BCUT2D eigenvalue weighted by molar-refractivity contribution is 7.74. The minimum absolute atomic E-state index is 0.0191. The average Bonchev–Trinajstić information content (AvgIpc) is 3.31. The van der Waals surface area contributed by atoms with Crippen molar-refractivity contribution in [2.45, 2.75) is 38.4 Å². The highest BCUT2D eigenvalue weighted by atomic mass is 32.2. The van der Waals surface area contributed by atoms with Crippen molar-refractivity contribution in [2.75, 3.05) is 11.0 Å². The second-order valence-corrected chi connectivity index (χ2v) is 10.7. The summed E-state index contributed by atoms with van der Waals surface area (Å²) >= 11 is 1.33. The van der Waals surface area contributed by atoms with Gasteiger partial charge in [-0.1, -0.05) is 11.3 Å². The molecule has 0 aliphatic heterocycles. The van der Waals surface area contributed by atoms with Crippen LogP contribution >= 0.6 is 11.3 Å². The van der Waals surface area contributed by atoms with Crippen LogP contribution in [0.25, 0.3) is 10.9 Å². The normalized spacial score (nSPS) is 14.6. The van der Waals surface area contributed by atoms with Gasteiger partial charge in [0.15, 0.2) is 0 Å². The number of alkyl halides is 1. The number of rotatable bonds is 8. The van der Waals surface area contributed by atoms with E-state index in [9.17, 15) is 22.4 Å². The molecule has 1 aromatic carbocycles. The summed E-state index contributed by atoms with van der Waals surface area (Å²) in [5.74, 6) is 0. The Bertz CT molecular complexity index is 1620. The predicted molar refractivity (Wildman–Crippen MR) is 129 cm³/mol. The van der Waals surface area contributed by atoms with Crippen LogP contribution in [-0.4, -0.2) is 49.7 Å². The number of fused-ring (bicyclic) bond motifs is 1. The zero-order valence-electron chi connectivity index (χ0n) is 18.9. The number of halogens is 1. The number of nitrogens with zero attached hydrogens (tertiary/aromatic N) is 7. The maximum atomic E-state index is 13.8. The van der Waals surface area contributed by atoms with Crippen molar-refractivity contribution in [2.24, 2.45) is 7.05 Å². The van der Waals surface area contributed by atoms with Crippen LogP contribution < -0.4 is 15.6 Å². The molecule has 0 saturated heterocycles. The van der Waals surface area contributed by atoms with Gasteiger partial charge in [0.2, 0.25) is 10.9 Å². The molecule has 0 unspecified atom stereocenters. The Labute approximate surface area is 204 Å². The van der Waals surface area contributed by atoms with Crippen LogP contribution in [0.1, 0.15) is 28.4 Å². The van der Waals surface area contributed by atoms with Gasteiger partial charge < -0.3 is 0 Å². The number of anilines is 1. The van der Waals surface area contributed by atoms with Crippen molar-refractivity contribution in [3.8, 4) is 0 Å². The smallest absolute Gasteiger partial charge is 0.286 e. The lowest BCUT2D eigenvalue weighted by molar-refractivity contribution is 0.417. The number of aromatic nitrogens is 6. The molecule has 1 saturated carbocycles. The molecule has 0 N–H and O–H groups in total. The van der Waals surface area contributed by atoms with E-state index < -0.39 is 34.4 Å². The van der Waals surface area contributed by atoms with Crippen molar-refractivity contribution < 1.29 is 12.8 Å². The first-order valence-electron chi connectivity index (χ1n) is 10.8. The molecule has 184 valence electrons. The van der Waals surface area contributed by atoms with Crippen molar-refractivity contribution >= 4 is 38.8 Å². The third-order valence-corrected chi connectivity index (χ3v) is 7.91. The van der Waals surface area contributed by atoms with Crippen LogP contribution in [0.5, 0.6) is 0 Å². The van der Waals surface area contributed by atoms with E-state index in [0.29, 0.717) is 28.9 Å². The van der Waals surface area contributed by atoms with Crippen LogP contribution in [0.3, 0.4) is 0 Å². The molecule has 0 spiro atoms. The van der Waals surface area contributed by atoms with Gasteiger partial charge in [-0.15, -0.1) is 10.2 Å². The molecule has 0 radical (unpaired) electrons. The van der Waals surface area contributed by atoms with Crippen LogP contribution in [-0.2, 0) is 31.0 Å². The Balaban J connectivity index is 1.72. The molecule has 0 bridgehead atoms. The number of hydrogen-bond acceptors (Lipinski definition) is 8. The fourth-order valence-electron chi connectivity index (χ4n) is 4.20. The minimum atomic E-state index is -3.14. The van der Waals surface area contributed by atoms with Gasteiger partial charge in [0, 0.05) is 18.8 Å². The van der Waals surface area contributed by atoms with Gasteiger partial charge in [-0.05, 0) is 38.0 Å². The first-order chi connectivity index (χ1) is 16.7. The molecule has 0 amide bonds. The van der Waals surface area contributed by atoms with Crippen LogP contribution in [0.2, 0.25) is 0 Å². The Hall–Kier alpha value is -3.39. The summed E-state index contributed by atoms with van der Waals surface area (Å²) in [7, 11) is -1.42. The summed E-state index contributed by atoms with van der Waals surface area (Å²) in [5, 5.41) is 13.6. The topological polar surface area (TPSA) is 125 Å². The lowest BCUT2D eigenvalue weighted by Gasteiger charge is -2.26. The highest BCUT2D eigenvalue weighted by Crippen LogP contribution is 2.45. The third kappa shape index (κ3) is 4.16. The number of thiol groups is 1. The monoisotopic (exact) mass is 519 g/mol. The summed E-state index contributed by atoms with van der Waals surface area (Å²) in [4.78, 5) is 27.0. The Morgan fingerprint density at radius 1 is 1.17 bits per heavy atom. The minimum Gasteiger partial charge on any atom is -0.286 e. The molecule has 5 rings (SSSR count). The first-order valence-corrected chi connectivity index (χ1v) is 12.7. The lowest BCUT2D eigenvalue weighted by atomic mass is 10.2. The zero-order valence-corrected chi connectivity index (χ0v) is 20.6. The van der Waals surface area contributed by atoms with E-state index >= 15 is 0 Å². The fourth-order valence-corrected chi connectivity index (χ4v) is 5.81. The largest absolute Gasteiger partial charge is 0.332 e. The van der Waals surface area contributed by atoms with Crippen molar-refractivity contribution in [3.05, 3.63) is 67.0 Å². The highest BCUT2D eigenvalue weighted by Gasteiger charge is 2.50. The predicted octanol–water partition coefficient (Wildman–Crippen LogP) is 0.988. The molecule has 14 heteroatoms. The maximum absolute atomic E-state index is 13.8. The summed E-state index contributed by atoms with van der Waals surface area (Å²) < 4.78 is 43.0. The van der Waals surface area contributed by atoms with Crippen molar-refractivity contribution in [3.63, 3.8) is 0 Å². The summed E-state index contributed by atoms with van der Waals surface area (Å²) in [6, 6.07) is 4.44. The molecule has 0 atom stereocenters. The lowest BCUT2D eigenvalue weighted by Crippen LogP contribution is -2.41. The van der Waals surface area contributed by atoms with Gasteiger partial charge >= 0.3 is 5.69 Å². The SMILES string of the molecule is Cc1nnc(Cn2c(=O)n(Cc3cnn(C)c3)c(=O)c3cc(N([SH](=O)=O)C4(CF)CC4)ccc32)s1. The molecule has 1 fully saturated rings.